The lowest BCUT2D eigenvalue weighted by atomic mass is 9.92. The zero-order valence-electron chi connectivity index (χ0n) is 14.0. The Balaban J connectivity index is 2.36. The van der Waals surface area contributed by atoms with Gasteiger partial charge in [-0.15, -0.1) is 0 Å². The molecule has 4 heteroatoms. The number of hydrogen-bond donors (Lipinski definition) is 1. The lowest BCUT2D eigenvalue weighted by molar-refractivity contribution is -0.135. The molecule has 1 aliphatic heterocycles. The molecule has 20 heavy (non-hydrogen) atoms. The van der Waals surface area contributed by atoms with Crippen LogP contribution in [0, 0.1) is 11.3 Å². The minimum atomic E-state index is -0.332. The molecule has 4 nitrogen and oxygen atoms in total. The van der Waals surface area contributed by atoms with Crippen molar-refractivity contribution in [3.05, 3.63) is 0 Å². The number of carbonyl (C=O) groups excluding carboxylic acids is 1. The van der Waals surface area contributed by atoms with Crippen molar-refractivity contribution in [1.82, 2.24) is 9.80 Å². The second kappa shape index (κ2) is 7.41. The number of hydrogen-bond acceptors (Lipinski definition) is 3. The Morgan fingerprint density at radius 3 is 2.20 bits per heavy atom. The van der Waals surface area contributed by atoms with E-state index < -0.39 is 0 Å². The fourth-order valence-corrected chi connectivity index (χ4v) is 2.39. The molecule has 1 heterocycles. The zero-order chi connectivity index (χ0) is 15.3. The Kier molecular flexibility index (Phi) is 6.46. The normalized spacial score (nSPS) is 20.8. The average molecular weight is 283 g/mol. The van der Waals surface area contributed by atoms with E-state index in [0.29, 0.717) is 5.41 Å². The Morgan fingerprint density at radius 2 is 1.75 bits per heavy atom. The summed E-state index contributed by atoms with van der Waals surface area (Å²) in [7, 11) is 0. The van der Waals surface area contributed by atoms with Crippen molar-refractivity contribution in [1.29, 1.82) is 0 Å². The summed E-state index contributed by atoms with van der Waals surface area (Å²) < 4.78 is 0. The molecule has 0 aromatic rings. The van der Waals surface area contributed by atoms with E-state index >= 15 is 0 Å². The Morgan fingerprint density at radius 1 is 1.20 bits per heavy atom. The maximum absolute atomic E-state index is 12.3. The molecule has 0 bridgehead atoms. The number of piperazine rings is 1. The van der Waals surface area contributed by atoms with E-state index in [1.54, 1.807) is 0 Å². The van der Waals surface area contributed by atoms with Gasteiger partial charge in [0, 0.05) is 26.2 Å². The second-order valence-corrected chi connectivity index (χ2v) is 7.39. The van der Waals surface area contributed by atoms with Gasteiger partial charge in [0.05, 0.1) is 6.04 Å². The summed E-state index contributed by atoms with van der Waals surface area (Å²) in [5.41, 5.74) is 6.43. The molecular formula is C16H33N3O. The quantitative estimate of drug-likeness (QED) is 0.839. The van der Waals surface area contributed by atoms with Crippen molar-refractivity contribution in [2.75, 3.05) is 32.7 Å². The van der Waals surface area contributed by atoms with Gasteiger partial charge in [-0.2, -0.15) is 0 Å². The van der Waals surface area contributed by atoms with Crippen molar-refractivity contribution in [2.24, 2.45) is 17.1 Å². The summed E-state index contributed by atoms with van der Waals surface area (Å²) in [6, 6.07) is -0.332. The van der Waals surface area contributed by atoms with E-state index in [4.69, 9.17) is 5.73 Å². The van der Waals surface area contributed by atoms with Crippen LogP contribution in [0.5, 0.6) is 0 Å². The first-order chi connectivity index (χ1) is 9.24. The van der Waals surface area contributed by atoms with Gasteiger partial charge in [0.15, 0.2) is 0 Å². The van der Waals surface area contributed by atoms with Crippen LogP contribution in [0.15, 0.2) is 0 Å². The molecule has 2 atom stereocenters. The predicted octanol–water partition coefficient (Wildman–Crippen LogP) is 1.94. The molecule has 1 saturated heterocycles. The summed E-state index contributed by atoms with van der Waals surface area (Å²) in [6.45, 7) is 15.7. The van der Waals surface area contributed by atoms with Gasteiger partial charge in [-0.05, 0) is 24.3 Å². The summed E-state index contributed by atoms with van der Waals surface area (Å²) >= 11 is 0. The molecule has 0 radical (unpaired) electrons. The van der Waals surface area contributed by atoms with E-state index in [1.807, 2.05) is 4.90 Å². The van der Waals surface area contributed by atoms with Gasteiger partial charge in [-0.3, -0.25) is 9.69 Å². The first-order valence-electron chi connectivity index (χ1n) is 8.01. The van der Waals surface area contributed by atoms with E-state index in [2.05, 4.69) is 39.5 Å². The number of nitrogens with two attached hydrogens (primary N) is 1. The molecule has 1 aliphatic rings. The molecule has 118 valence electrons. The smallest absolute Gasteiger partial charge is 0.239 e. The average Bonchev–Trinajstić information content (AvgIpc) is 2.42. The molecule has 1 fully saturated rings. The Bertz CT molecular complexity index is 303. The summed E-state index contributed by atoms with van der Waals surface area (Å²) in [6.07, 6.45) is 2.16. The van der Waals surface area contributed by atoms with E-state index in [0.717, 1.165) is 39.1 Å². The van der Waals surface area contributed by atoms with E-state index in [9.17, 15) is 4.79 Å². The second-order valence-electron chi connectivity index (χ2n) is 7.39. The third-order valence-electron chi connectivity index (χ3n) is 4.40. The van der Waals surface area contributed by atoms with Crippen LogP contribution in [0.3, 0.4) is 0 Å². The SMILES string of the molecule is CCC(C)C(N)C(=O)N1CCN(CCC(C)(C)C)CC1. The molecule has 1 rings (SSSR count). The van der Waals surface area contributed by atoms with Gasteiger partial charge in [-0.25, -0.2) is 0 Å². The highest BCUT2D eigenvalue weighted by atomic mass is 16.2. The Labute approximate surface area is 124 Å². The predicted molar refractivity (Wildman–Crippen MR) is 84.5 cm³/mol. The molecule has 0 aliphatic carbocycles. The first kappa shape index (κ1) is 17.4. The number of amides is 1. The molecule has 0 spiro atoms. The maximum Gasteiger partial charge on any atom is 0.239 e. The number of rotatable bonds is 5. The van der Waals surface area contributed by atoms with Crippen molar-refractivity contribution >= 4 is 5.91 Å². The maximum atomic E-state index is 12.3. The Hall–Kier alpha value is -0.610. The van der Waals surface area contributed by atoms with Gasteiger partial charge in [-0.1, -0.05) is 41.0 Å². The summed E-state index contributed by atoms with van der Waals surface area (Å²) in [4.78, 5) is 16.7. The van der Waals surface area contributed by atoms with Crippen molar-refractivity contribution in [3.8, 4) is 0 Å². The molecule has 0 aromatic carbocycles. The summed E-state index contributed by atoms with van der Waals surface area (Å²) in [5, 5.41) is 0. The van der Waals surface area contributed by atoms with E-state index in [-0.39, 0.29) is 17.9 Å². The first-order valence-corrected chi connectivity index (χ1v) is 8.01. The van der Waals surface area contributed by atoms with Crippen LogP contribution in [0.2, 0.25) is 0 Å². The molecular weight excluding hydrogens is 250 g/mol. The third kappa shape index (κ3) is 5.41. The minimum Gasteiger partial charge on any atom is -0.339 e. The highest BCUT2D eigenvalue weighted by molar-refractivity contribution is 5.82. The monoisotopic (exact) mass is 283 g/mol. The van der Waals surface area contributed by atoms with Gasteiger partial charge in [0.1, 0.15) is 0 Å². The third-order valence-corrected chi connectivity index (χ3v) is 4.40. The van der Waals surface area contributed by atoms with E-state index in [1.165, 1.54) is 6.42 Å². The lowest BCUT2D eigenvalue weighted by Gasteiger charge is -2.37. The van der Waals surface area contributed by atoms with Crippen LogP contribution in [0.1, 0.15) is 47.5 Å². The minimum absolute atomic E-state index is 0.134. The molecule has 0 aromatic heterocycles. The van der Waals surface area contributed by atoms with Gasteiger partial charge < -0.3 is 10.6 Å². The fourth-order valence-electron chi connectivity index (χ4n) is 2.39. The largest absolute Gasteiger partial charge is 0.339 e. The number of carbonyl (C=O) groups is 1. The zero-order valence-corrected chi connectivity index (χ0v) is 14.0. The van der Waals surface area contributed by atoms with Gasteiger partial charge >= 0.3 is 0 Å². The standard InChI is InChI=1S/C16H33N3O/c1-6-13(2)14(17)15(20)19-11-9-18(10-12-19)8-7-16(3,4)5/h13-14H,6-12,17H2,1-5H3. The van der Waals surface area contributed by atoms with Crippen molar-refractivity contribution in [2.45, 2.75) is 53.5 Å². The van der Waals surface area contributed by atoms with Gasteiger partial charge in [0.25, 0.3) is 0 Å². The summed E-state index contributed by atoms with van der Waals surface area (Å²) in [5.74, 6) is 0.399. The van der Waals surface area contributed by atoms with Crippen LogP contribution >= 0.6 is 0 Å². The molecule has 1 amide bonds. The van der Waals surface area contributed by atoms with Crippen LogP contribution < -0.4 is 5.73 Å². The van der Waals surface area contributed by atoms with Crippen LogP contribution in [0.4, 0.5) is 0 Å². The highest BCUT2D eigenvalue weighted by Crippen LogP contribution is 2.19. The number of nitrogens with zero attached hydrogens (tertiary/aromatic N) is 2. The van der Waals surface area contributed by atoms with Gasteiger partial charge in [0.2, 0.25) is 5.91 Å². The topological polar surface area (TPSA) is 49.6 Å². The van der Waals surface area contributed by atoms with Crippen molar-refractivity contribution < 1.29 is 4.79 Å². The molecule has 2 unspecified atom stereocenters. The van der Waals surface area contributed by atoms with Crippen molar-refractivity contribution in [3.63, 3.8) is 0 Å². The fraction of sp³-hybridized carbons (Fsp3) is 0.938. The van der Waals surface area contributed by atoms with Crippen LogP contribution in [-0.2, 0) is 4.79 Å². The van der Waals surface area contributed by atoms with Crippen LogP contribution in [-0.4, -0.2) is 54.5 Å². The molecule has 2 N–H and O–H groups in total. The van der Waals surface area contributed by atoms with Crippen LogP contribution in [0.25, 0.3) is 0 Å². The highest BCUT2D eigenvalue weighted by Gasteiger charge is 2.28. The lowest BCUT2D eigenvalue weighted by Crippen LogP contribution is -2.54. The molecule has 0 saturated carbocycles.